The van der Waals surface area contributed by atoms with E-state index in [1.807, 2.05) is 36.4 Å². The maximum atomic E-state index is 12.5. The van der Waals surface area contributed by atoms with Crippen molar-refractivity contribution in [2.24, 2.45) is 0 Å². The van der Waals surface area contributed by atoms with E-state index in [9.17, 15) is 13.2 Å². The SMILES string of the molecule is CS(=O)(=O)N1CCCC1C(=O)Nc1ccc(-c2nc3ccccc3o2)cc1. The molecule has 140 valence electrons. The number of hydrogen-bond donors (Lipinski definition) is 1. The Morgan fingerprint density at radius 2 is 1.93 bits per heavy atom. The molecule has 0 radical (unpaired) electrons. The fraction of sp³-hybridized carbons (Fsp3) is 0.263. The van der Waals surface area contributed by atoms with Gasteiger partial charge in [-0.25, -0.2) is 13.4 Å². The van der Waals surface area contributed by atoms with Gasteiger partial charge in [0.2, 0.25) is 21.8 Å². The average molecular weight is 385 g/mol. The van der Waals surface area contributed by atoms with E-state index in [0.717, 1.165) is 17.3 Å². The number of nitrogens with zero attached hydrogens (tertiary/aromatic N) is 2. The van der Waals surface area contributed by atoms with Crippen LogP contribution in [-0.4, -0.2) is 42.5 Å². The average Bonchev–Trinajstić information content (AvgIpc) is 3.29. The van der Waals surface area contributed by atoms with Gasteiger partial charge in [0.25, 0.3) is 0 Å². The number of para-hydroxylation sites is 2. The van der Waals surface area contributed by atoms with E-state index >= 15 is 0 Å². The van der Waals surface area contributed by atoms with Crippen molar-refractivity contribution in [1.82, 2.24) is 9.29 Å². The van der Waals surface area contributed by atoms with Gasteiger partial charge in [0.1, 0.15) is 11.6 Å². The second kappa shape index (κ2) is 6.79. The number of anilines is 1. The second-order valence-electron chi connectivity index (χ2n) is 6.59. The minimum Gasteiger partial charge on any atom is -0.436 e. The third-order valence-electron chi connectivity index (χ3n) is 4.63. The third kappa shape index (κ3) is 3.58. The van der Waals surface area contributed by atoms with Gasteiger partial charge < -0.3 is 9.73 Å². The van der Waals surface area contributed by atoms with Crippen molar-refractivity contribution in [3.05, 3.63) is 48.5 Å². The number of carbonyl (C=O) groups is 1. The van der Waals surface area contributed by atoms with Gasteiger partial charge >= 0.3 is 0 Å². The van der Waals surface area contributed by atoms with E-state index in [1.54, 1.807) is 12.1 Å². The van der Waals surface area contributed by atoms with Gasteiger partial charge in [0.15, 0.2) is 5.58 Å². The van der Waals surface area contributed by atoms with Crippen LogP contribution >= 0.6 is 0 Å². The van der Waals surface area contributed by atoms with E-state index in [4.69, 9.17) is 4.42 Å². The summed E-state index contributed by atoms with van der Waals surface area (Å²) in [6, 6.07) is 14.0. The number of carbonyl (C=O) groups excluding carboxylic acids is 1. The Hall–Kier alpha value is -2.71. The van der Waals surface area contributed by atoms with Gasteiger partial charge in [0, 0.05) is 17.8 Å². The van der Waals surface area contributed by atoms with Crippen molar-refractivity contribution >= 4 is 32.7 Å². The Labute approximate surface area is 157 Å². The number of benzene rings is 2. The molecule has 0 saturated carbocycles. The number of fused-ring (bicyclic) bond motifs is 1. The highest BCUT2D eigenvalue weighted by Crippen LogP contribution is 2.26. The number of aromatic nitrogens is 1. The Morgan fingerprint density at radius 3 is 2.63 bits per heavy atom. The lowest BCUT2D eigenvalue weighted by Crippen LogP contribution is -2.42. The molecule has 1 unspecified atom stereocenters. The molecular weight excluding hydrogens is 366 g/mol. The highest BCUT2D eigenvalue weighted by atomic mass is 32.2. The lowest BCUT2D eigenvalue weighted by atomic mass is 10.2. The lowest BCUT2D eigenvalue weighted by molar-refractivity contribution is -0.119. The molecule has 1 saturated heterocycles. The largest absolute Gasteiger partial charge is 0.436 e. The first-order chi connectivity index (χ1) is 12.9. The first kappa shape index (κ1) is 17.7. The van der Waals surface area contributed by atoms with Crippen molar-refractivity contribution in [3.8, 4) is 11.5 Å². The molecule has 1 atom stereocenters. The third-order valence-corrected chi connectivity index (χ3v) is 5.91. The molecule has 8 heteroatoms. The molecule has 4 rings (SSSR count). The van der Waals surface area contributed by atoms with Gasteiger partial charge in [0.05, 0.1) is 6.26 Å². The second-order valence-corrected chi connectivity index (χ2v) is 8.52. The summed E-state index contributed by atoms with van der Waals surface area (Å²) in [5.74, 6) is 0.195. The molecule has 1 aliphatic heterocycles. The first-order valence-electron chi connectivity index (χ1n) is 8.65. The molecule has 1 aromatic heterocycles. The fourth-order valence-electron chi connectivity index (χ4n) is 3.32. The number of oxazole rings is 1. The van der Waals surface area contributed by atoms with Gasteiger partial charge in [-0.1, -0.05) is 12.1 Å². The molecule has 2 aromatic carbocycles. The van der Waals surface area contributed by atoms with Crippen molar-refractivity contribution in [3.63, 3.8) is 0 Å². The Bertz CT molecular complexity index is 1060. The lowest BCUT2D eigenvalue weighted by Gasteiger charge is -2.21. The summed E-state index contributed by atoms with van der Waals surface area (Å²) in [5, 5.41) is 2.80. The zero-order valence-electron chi connectivity index (χ0n) is 14.8. The maximum absolute atomic E-state index is 12.5. The zero-order chi connectivity index (χ0) is 19.0. The molecule has 0 spiro atoms. The quantitative estimate of drug-likeness (QED) is 0.745. The van der Waals surface area contributed by atoms with E-state index in [2.05, 4.69) is 10.3 Å². The highest BCUT2D eigenvalue weighted by Gasteiger charge is 2.36. The molecule has 27 heavy (non-hydrogen) atoms. The number of rotatable bonds is 4. The summed E-state index contributed by atoms with van der Waals surface area (Å²) in [7, 11) is -3.39. The number of amides is 1. The van der Waals surface area contributed by atoms with Crippen molar-refractivity contribution in [2.45, 2.75) is 18.9 Å². The van der Waals surface area contributed by atoms with Gasteiger partial charge in [-0.2, -0.15) is 4.31 Å². The number of hydrogen-bond acceptors (Lipinski definition) is 5. The summed E-state index contributed by atoms with van der Waals surface area (Å²) in [5.41, 5.74) is 2.89. The minimum atomic E-state index is -3.39. The Balaban J connectivity index is 1.50. The molecule has 1 amide bonds. The van der Waals surface area contributed by atoms with Crippen LogP contribution in [0, 0.1) is 0 Å². The maximum Gasteiger partial charge on any atom is 0.242 e. The normalized spacial score (nSPS) is 18.0. The molecule has 3 aromatic rings. The minimum absolute atomic E-state index is 0.312. The van der Waals surface area contributed by atoms with E-state index in [-0.39, 0.29) is 5.91 Å². The summed E-state index contributed by atoms with van der Waals surface area (Å²) in [6.07, 6.45) is 2.34. The summed E-state index contributed by atoms with van der Waals surface area (Å²) >= 11 is 0. The summed E-state index contributed by atoms with van der Waals surface area (Å²) in [6.45, 7) is 0.383. The summed E-state index contributed by atoms with van der Waals surface area (Å²) < 4.78 is 30.6. The van der Waals surface area contributed by atoms with Crippen LogP contribution < -0.4 is 5.32 Å². The van der Waals surface area contributed by atoms with Crippen LogP contribution in [0.2, 0.25) is 0 Å². The van der Waals surface area contributed by atoms with E-state index < -0.39 is 16.1 Å². The van der Waals surface area contributed by atoms with Crippen LogP contribution in [-0.2, 0) is 14.8 Å². The van der Waals surface area contributed by atoms with Crippen LogP contribution in [0.4, 0.5) is 5.69 Å². The van der Waals surface area contributed by atoms with Crippen molar-refractivity contribution in [2.75, 3.05) is 18.1 Å². The molecule has 0 aliphatic carbocycles. The predicted octanol–water partition coefficient (Wildman–Crippen LogP) is 2.86. The summed E-state index contributed by atoms with van der Waals surface area (Å²) in [4.78, 5) is 16.9. The Kier molecular flexibility index (Phi) is 4.45. The molecule has 1 N–H and O–H groups in total. The van der Waals surface area contributed by atoms with Gasteiger partial charge in [-0.15, -0.1) is 0 Å². The number of nitrogens with one attached hydrogen (secondary N) is 1. The molecule has 1 aliphatic rings. The fourth-order valence-corrected chi connectivity index (χ4v) is 4.44. The van der Waals surface area contributed by atoms with Crippen LogP contribution in [0.15, 0.2) is 52.9 Å². The topological polar surface area (TPSA) is 92.5 Å². The smallest absolute Gasteiger partial charge is 0.242 e. The molecule has 7 nitrogen and oxygen atoms in total. The molecule has 0 bridgehead atoms. The standard InChI is InChI=1S/C19H19N3O4S/c1-27(24,25)22-12-4-6-16(22)18(23)20-14-10-8-13(9-11-14)19-21-15-5-2-3-7-17(15)26-19/h2-3,5,7-11,16H,4,6,12H2,1H3,(H,20,23). The molecule has 2 heterocycles. The van der Waals surface area contributed by atoms with E-state index in [1.165, 1.54) is 4.31 Å². The highest BCUT2D eigenvalue weighted by molar-refractivity contribution is 7.88. The molecule has 1 fully saturated rings. The van der Waals surface area contributed by atoms with Gasteiger partial charge in [-0.3, -0.25) is 4.79 Å². The van der Waals surface area contributed by atoms with Crippen LogP contribution in [0.3, 0.4) is 0 Å². The van der Waals surface area contributed by atoms with E-state index in [0.29, 0.717) is 36.5 Å². The Morgan fingerprint density at radius 1 is 1.19 bits per heavy atom. The zero-order valence-corrected chi connectivity index (χ0v) is 15.6. The molecular formula is C19H19N3O4S. The number of sulfonamides is 1. The van der Waals surface area contributed by atoms with Gasteiger partial charge in [-0.05, 0) is 49.2 Å². The van der Waals surface area contributed by atoms with Crippen LogP contribution in [0.1, 0.15) is 12.8 Å². The van der Waals surface area contributed by atoms with Crippen LogP contribution in [0.25, 0.3) is 22.6 Å². The predicted molar refractivity (Wildman–Crippen MR) is 103 cm³/mol. The first-order valence-corrected chi connectivity index (χ1v) is 10.5. The van der Waals surface area contributed by atoms with Crippen LogP contribution in [0.5, 0.6) is 0 Å². The van der Waals surface area contributed by atoms with Crippen molar-refractivity contribution in [1.29, 1.82) is 0 Å². The van der Waals surface area contributed by atoms with Crippen molar-refractivity contribution < 1.29 is 17.6 Å². The monoisotopic (exact) mass is 385 g/mol.